The molecule has 2 fully saturated rings. The lowest BCUT2D eigenvalue weighted by Gasteiger charge is -2.50. The summed E-state index contributed by atoms with van der Waals surface area (Å²) in [6, 6.07) is 3.54. The summed E-state index contributed by atoms with van der Waals surface area (Å²) in [5, 5.41) is 32.4. The highest BCUT2D eigenvalue weighted by Crippen LogP contribution is 2.53. The van der Waals surface area contributed by atoms with Crippen molar-refractivity contribution < 1.29 is 29.4 Å². The van der Waals surface area contributed by atoms with Crippen molar-refractivity contribution in [1.82, 2.24) is 10.2 Å². The van der Waals surface area contributed by atoms with E-state index in [1.807, 2.05) is 19.0 Å². The Balaban J connectivity index is 1.54. The number of carbonyl (C=O) groups excluding carboxylic acids is 4. The lowest BCUT2D eigenvalue weighted by Crippen LogP contribution is -2.63. The molecule has 1 aromatic carbocycles. The van der Waals surface area contributed by atoms with E-state index in [0.29, 0.717) is 24.2 Å². The molecule has 11 nitrogen and oxygen atoms in total. The number of benzene rings is 1. The molecule has 2 unspecified atom stereocenters. The quantitative estimate of drug-likeness (QED) is 0.292. The molecule has 0 bridgehead atoms. The van der Waals surface area contributed by atoms with Gasteiger partial charge in [0.15, 0.2) is 11.6 Å². The number of anilines is 2. The van der Waals surface area contributed by atoms with Crippen molar-refractivity contribution in [3.05, 3.63) is 35.2 Å². The minimum atomic E-state index is -1.99. The van der Waals surface area contributed by atoms with E-state index in [4.69, 9.17) is 5.73 Å². The molecule has 0 radical (unpaired) electrons. The number of nitrogens with one attached hydrogen (secondary N) is 2. The van der Waals surface area contributed by atoms with Crippen LogP contribution in [-0.4, -0.2) is 63.4 Å². The first-order valence-corrected chi connectivity index (χ1v) is 11.9. The SMILES string of the molecule is CN(C)c1cc(NCc2ccn[nH]2)c(O)c2c1C[C@H]1C[C@H]3CC(=O)C(C(N)=O)C[C@@]3(O)C(=O)C1C2=O. The number of Topliss-reactive ketones (excluding diaryl/α,β-unsaturated/α-hetero) is 3. The number of aromatic hydroxyl groups is 1. The van der Waals surface area contributed by atoms with Gasteiger partial charge < -0.3 is 26.2 Å². The summed E-state index contributed by atoms with van der Waals surface area (Å²) >= 11 is 0. The number of aliphatic hydroxyl groups is 1. The van der Waals surface area contributed by atoms with Crippen molar-refractivity contribution in [1.29, 1.82) is 0 Å². The van der Waals surface area contributed by atoms with Crippen LogP contribution >= 0.6 is 0 Å². The number of amides is 1. The molecule has 3 aliphatic carbocycles. The standard InChI is InChI=1S/C25H29N5O6/c1-30(2)17-8-16(27-10-13-3-4-28-29-13)21(32)20-14(17)6-11-5-12-7-18(31)15(24(26)35)9-25(12,36)23(34)19(11)22(20)33/h3-4,8,11-12,15,19,27,32,36H,5-7,9-10H2,1-2H3,(H2,26,35)(H,28,29)/t11-,12+,15?,19?,25+/m1/s1. The Morgan fingerprint density at radius 3 is 2.69 bits per heavy atom. The van der Waals surface area contributed by atoms with Gasteiger partial charge in [0, 0.05) is 44.7 Å². The van der Waals surface area contributed by atoms with E-state index >= 15 is 0 Å². The van der Waals surface area contributed by atoms with Gasteiger partial charge in [-0.25, -0.2) is 0 Å². The summed E-state index contributed by atoms with van der Waals surface area (Å²) in [7, 11) is 3.66. The first-order chi connectivity index (χ1) is 17.0. The fourth-order valence-corrected chi connectivity index (χ4v) is 6.20. The molecule has 0 aliphatic heterocycles. The van der Waals surface area contributed by atoms with E-state index in [-0.39, 0.29) is 29.9 Å². The van der Waals surface area contributed by atoms with E-state index in [1.54, 1.807) is 18.3 Å². The molecule has 1 aromatic heterocycles. The molecule has 2 saturated carbocycles. The van der Waals surface area contributed by atoms with Crippen LogP contribution in [0, 0.1) is 23.7 Å². The molecule has 5 atom stereocenters. The zero-order valence-electron chi connectivity index (χ0n) is 20.1. The maximum absolute atomic E-state index is 13.8. The molecule has 1 heterocycles. The van der Waals surface area contributed by atoms with Crippen molar-refractivity contribution in [3.63, 3.8) is 0 Å². The molecule has 6 N–H and O–H groups in total. The first-order valence-electron chi connectivity index (χ1n) is 11.9. The van der Waals surface area contributed by atoms with E-state index < -0.39 is 53.2 Å². The maximum atomic E-state index is 13.8. The number of rotatable bonds is 5. The topological polar surface area (TPSA) is 179 Å². The number of nitrogens with two attached hydrogens (primary N) is 1. The molecule has 0 saturated heterocycles. The maximum Gasteiger partial charge on any atom is 0.228 e. The largest absolute Gasteiger partial charge is 0.505 e. The summed E-state index contributed by atoms with van der Waals surface area (Å²) in [6.07, 6.45) is 1.67. The van der Waals surface area contributed by atoms with E-state index in [9.17, 15) is 29.4 Å². The Bertz CT molecular complexity index is 1270. The van der Waals surface area contributed by atoms with Crippen LogP contribution in [0.4, 0.5) is 11.4 Å². The van der Waals surface area contributed by atoms with Crippen LogP contribution in [0.1, 0.15) is 40.9 Å². The minimum Gasteiger partial charge on any atom is -0.505 e. The molecular formula is C25H29N5O6. The van der Waals surface area contributed by atoms with Gasteiger partial charge in [0.1, 0.15) is 17.1 Å². The summed E-state index contributed by atoms with van der Waals surface area (Å²) in [5.74, 6) is -6.33. The van der Waals surface area contributed by atoms with Crippen molar-refractivity contribution in [3.8, 4) is 5.75 Å². The molecule has 3 aliphatic rings. The van der Waals surface area contributed by atoms with Gasteiger partial charge in [-0.15, -0.1) is 0 Å². The predicted molar refractivity (Wildman–Crippen MR) is 128 cm³/mol. The average molecular weight is 496 g/mol. The number of primary amides is 1. The number of aromatic amines is 1. The molecule has 5 rings (SSSR count). The van der Waals surface area contributed by atoms with Crippen molar-refractivity contribution >= 4 is 34.6 Å². The summed E-state index contributed by atoms with van der Waals surface area (Å²) < 4.78 is 0. The molecule has 11 heteroatoms. The predicted octanol–water partition coefficient (Wildman–Crippen LogP) is 0.549. The number of ketones is 3. The lowest BCUT2D eigenvalue weighted by atomic mass is 9.54. The van der Waals surface area contributed by atoms with Gasteiger partial charge in [-0.2, -0.15) is 5.10 Å². The second-order valence-corrected chi connectivity index (χ2v) is 10.3. The van der Waals surface area contributed by atoms with Crippen molar-refractivity contribution in [2.24, 2.45) is 29.4 Å². The molecule has 1 amide bonds. The van der Waals surface area contributed by atoms with Gasteiger partial charge in [-0.1, -0.05) is 0 Å². The third kappa shape index (κ3) is 3.57. The second-order valence-electron chi connectivity index (χ2n) is 10.3. The average Bonchev–Trinajstić information content (AvgIpc) is 3.33. The van der Waals surface area contributed by atoms with Gasteiger partial charge in [0.2, 0.25) is 5.91 Å². The van der Waals surface area contributed by atoms with Gasteiger partial charge >= 0.3 is 0 Å². The smallest absolute Gasteiger partial charge is 0.228 e. The number of hydrogen-bond donors (Lipinski definition) is 5. The minimum absolute atomic E-state index is 0.0586. The fourth-order valence-electron chi connectivity index (χ4n) is 6.20. The van der Waals surface area contributed by atoms with Gasteiger partial charge in [0.05, 0.1) is 35.3 Å². The van der Waals surface area contributed by atoms with Crippen LogP contribution in [0.2, 0.25) is 0 Å². The van der Waals surface area contributed by atoms with Crippen LogP contribution in [0.5, 0.6) is 5.75 Å². The Morgan fingerprint density at radius 1 is 1.31 bits per heavy atom. The van der Waals surface area contributed by atoms with Crippen LogP contribution in [0.3, 0.4) is 0 Å². The third-order valence-electron chi connectivity index (χ3n) is 8.03. The van der Waals surface area contributed by atoms with E-state index in [2.05, 4.69) is 15.5 Å². The summed E-state index contributed by atoms with van der Waals surface area (Å²) in [6.45, 7) is 0.322. The molecule has 190 valence electrons. The van der Waals surface area contributed by atoms with Crippen LogP contribution in [0.15, 0.2) is 18.3 Å². The Labute approximate surface area is 207 Å². The Hall–Kier alpha value is -3.73. The number of carbonyl (C=O) groups is 4. The van der Waals surface area contributed by atoms with Crippen LogP contribution < -0.4 is 16.0 Å². The number of hydrogen-bond acceptors (Lipinski definition) is 9. The van der Waals surface area contributed by atoms with Crippen LogP contribution in [0.25, 0.3) is 0 Å². The first kappa shape index (κ1) is 24.0. The highest BCUT2D eigenvalue weighted by atomic mass is 16.3. The third-order valence-corrected chi connectivity index (χ3v) is 8.03. The highest BCUT2D eigenvalue weighted by molar-refractivity contribution is 6.18. The zero-order chi connectivity index (χ0) is 25.9. The Kier molecular flexibility index (Phi) is 5.62. The zero-order valence-corrected chi connectivity index (χ0v) is 20.1. The van der Waals surface area contributed by atoms with E-state index in [1.165, 1.54) is 0 Å². The van der Waals surface area contributed by atoms with Crippen molar-refractivity contribution in [2.75, 3.05) is 24.3 Å². The number of H-pyrrole nitrogens is 1. The monoisotopic (exact) mass is 495 g/mol. The van der Waals surface area contributed by atoms with Crippen LogP contribution in [-0.2, 0) is 27.3 Å². The number of nitrogens with zero attached hydrogens (tertiary/aromatic N) is 2. The highest BCUT2D eigenvalue weighted by Gasteiger charge is 2.61. The summed E-state index contributed by atoms with van der Waals surface area (Å²) in [5.41, 5.74) is 5.88. The lowest BCUT2D eigenvalue weighted by molar-refractivity contribution is -0.168. The normalized spacial score (nSPS) is 29.2. The number of aromatic nitrogens is 2. The van der Waals surface area contributed by atoms with Gasteiger partial charge in [0.25, 0.3) is 0 Å². The second kappa shape index (κ2) is 8.44. The number of phenolic OH excluding ortho intramolecular Hbond substituents is 1. The number of fused-ring (bicyclic) bond motifs is 3. The van der Waals surface area contributed by atoms with Crippen molar-refractivity contribution in [2.45, 2.75) is 37.8 Å². The van der Waals surface area contributed by atoms with Gasteiger partial charge in [-0.3, -0.25) is 24.3 Å². The molecule has 2 aromatic rings. The Morgan fingerprint density at radius 2 is 2.06 bits per heavy atom. The van der Waals surface area contributed by atoms with E-state index in [0.717, 1.165) is 11.4 Å². The molecule has 0 spiro atoms. The van der Waals surface area contributed by atoms with Gasteiger partial charge in [-0.05, 0) is 36.5 Å². The fraction of sp³-hybridized carbons (Fsp3) is 0.480. The molecular weight excluding hydrogens is 466 g/mol. The summed E-state index contributed by atoms with van der Waals surface area (Å²) in [4.78, 5) is 53.6. The number of phenols is 1. The molecule has 36 heavy (non-hydrogen) atoms.